The molecule has 27 heavy (non-hydrogen) atoms. The van der Waals surface area contributed by atoms with E-state index in [0.29, 0.717) is 32.0 Å². The Morgan fingerprint density at radius 3 is 2.63 bits per heavy atom. The van der Waals surface area contributed by atoms with Crippen LogP contribution in [0, 0.1) is 13.8 Å². The normalized spacial score (nSPS) is 11.1. The summed E-state index contributed by atoms with van der Waals surface area (Å²) in [6, 6.07) is 8.34. The van der Waals surface area contributed by atoms with Crippen molar-refractivity contribution in [2.45, 2.75) is 24.8 Å². The lowest BCUT2D eigenvalue weighted by Gasteiger charge is -2.03. The van der Waals surface area contributed by atoms with Gasteiger partial charge in [-0.15, -0.1) is 11.3 Å². The molecule has 2 aromatic heterocycles. The minimum absolute atomic E-state index is 0.208. The summed E-state index contributed by atoms with van der Waals surface area (Å²) in [5, 5.41) is 1.66. The lowest BCUT2D eigenvalue weighted by Crippen LogP contribution is -2.09. The van der Waals surface area contributed by atoms with Gasteiger partial charge in [-0.3, -0.25) is 0 Å². The van der Waals surface area contributed by atoms with E-state index >= 15 is 0 Å². The number of rotatable bonds is 7. The number of nitrogens with zero attached hydrogens (tertiary/aromatic N) is 2. The molecule has 0 spiro atoms. The highest BCUT2D eigenvalue weighted by molar-refractivity contribution is 7.98. The van der Waals surface area contributed by atoms with E-state index in [0.717, 1.165) is 11.3 Å². The minimum Gasteiger partial charge on any atom is -0.459 e. The summed E-state index contributed by atoms with van der Waals surface area (Å²) in [6.07, 6.45) is 0. The molecule has 0 N–H and O–H groups in total. The maximum absolute atomic E-state index is 12.3. The summed E-state index contributed by atoms with van der Waals surface area (Å²) >= 11 is 9.18. The summed E-state index contributed by atoms with van der Waals surface area (Å²) < 4.78 is 10.1. The van der Waals surface area contributed by atoms with Crippen molar-refractivity contribution in [1.29, 1.82) is 0 Å². The number of carbonyl (C=O) groups excluding carboxylic acids is 1. The van der Waals surface area contributed by atoms with Crippen LogP contribution in [0.5, 0.6) is 0 Å². The van der Waals surface area contributed by atoms with Gasteiger partial charge in [-0.25, -0.2) is 14.8 Å². The molecule has 0 saturated heterocycles. The molecule has 0 aliphatic heterocycles. The molecule has 142 valence electrons. The van der Waals surface area contributed by atoms with Crippen LogP contribution in [0.15, 0.2) is 29.4 Å². The molecule has 0 saturated carbocycles. The maximum Gasteiger partial charge on any atom is 0.348 e. The zero-order chi connectivity index (χ0) is 19.4. The van der Waals surface area contributed by atoms with Crippen molar-refractivity contribution in [3.8, 4) is 0 Å². The minimum atomic E-state index is -0.391. The second-order valence-corrected chi connectivity index (χ2v) is 8.24. The predicted molar refractivity (Wildman–Crippen MR) is 110 cm³/mol. The molecule has 0 fully saturated rings. The van der Waals surface area contributed by atoms with Crippen LogP contribution >= 0.6 is 34.7 Å². The van der Waals surface area contributed by atoms with Crippen molar-refractivity contribution in [2.75, 3.05) is 20.3 Å². The van der Waals surface area contributed by atoms with E-state index < -0.39 is 5.97 Å². The third-order valence-electron chi connectivity index (χ3n) is 3.92. The Bertz CT molecular complexity index is 958. The first kappa shape index (κ1) is 20.1. The van der Waals surface area contributed by atoms with Crippen LogP contribution in [-0.2, 0) is 15.2 Å². The molecule has 5 nitrogen and oxygen atoms in total. The van der Waals surface area contributed by atoms with E-state index in [1.54, 1.807) is 7.11 Å². The fourth-order valence-electron chi connectivity index (χ4n) is 2.45. The quantitative estimate of drug-likeness (QED) is 0.174. The highest BCUT2D eigenvalue weighted by atomic mass is 35.5. The molecule has 0 bridgehead atoms. The molecule has 0 aliphatic rings. The Kier molecular flexibility index (Phi) is 6.70. The number of hydrogen-bond acceptors (Lipinski definition) is 7. The Morgan fingerprint density at radius 1 is 1.19 bits per heavy atom. The second kappa shape index (κ2) is 9.01. The molecule has 3 aromatic rings. The topological polar surface area (TPSA) is 61.3 Å². The first-order chi connectivity index (χ1) is 13.0. The highest BCUT2D eigenvalue weighted by Gasteiger charge is 2.21. The number of thiophene rings is 1. The van der Waals surface area contributed by atoms with Gasteiger partial charge in [-0.05, 0) is 25.0 Å². The van der Waals surface area contributed by atoms with Crippen LogP contribution in [0.1, 0.15) is 26.4 Å². The van der Waals surface area contributed by atoms with Crippen LogP contribution < -0.4 is 0 Å². The van der Waals surface area contributed by atoms with E-state index in [4.69, 9.17) is 21.1 Å². The van der Waals surface area contributed by atoms with Crippen LogP contribution in [0.3, 0.4) is 0 Å². The van der Waals surface area contributed by atoms with Gasteiger partial charge in [0, 0.05) is 12.9 Å². The number of hydrogen-bond donors (Lipinski definition) is 0. The third kappa shape index (κ3) is 4.79. The van der Waals surface area contributed by atoms with Crippen LogP contribution in [0.2, 0.25) is 5.15 Å². The molecular formula is C19H19ClN2O3S2. The van der Waals surface area contributed by atoms with Gasteiger partial charge >= 0.3 is 5.97 Å². The number of methoxy groups -OCH3 is 1. The molecule has 3 rings (SSSR count). The Morgan fingerprint density at radius 2 is 1.93 bits per heavy atom. The van der Waals surface area contributed by atoms with Gasteiger partial charge in [-0.1, -0.05) is 53.2 Å². The van der Waals surface area contributed by atoms with Crippen LogP contribution in [0.25, 0.3) is 10.2 Å². The second-order valence-electron chi connectivity index (χ2n) is 5.94. The number of esters is 1. The zero-order valence-electron chi connectivity index (χ0n) is 15.2. The van der Waals surface area contributed by atoms with E-state index in [2.05, 4.69) is 41.2 Å². The Hall–Kier alpha value is -1.67. The smallest absolute Gasteiger partial charge is 0.348 e. The molecular weight excluding hydrogens is 404 g/mol. The van der Waals surface area contributed by atoms with Crippen molar-refractivity contribution in [2.24, 2.45) is 0 Å². The molecule has 2 heterocycles. The van der Waals surface area contributed by atoms with Crippen LogP contribution in [-0.4, -0.2) is 36.3 Å². The lowest BCUT2D eigenvalue weighted by molar-refractivity contribution is 0.0393. The highest BCUT2D eigenvalue weighted by Crippen LogP contribution is 2.35. The summed E-state index contributed by atoms with van der Waals surface area (Å²) in [4.78, 5) is 22.4. The average molecular weight is 423 g/mol. The molecule has 0 atom stereocenters. The van der Waals surface area contributed by atoms with E-state index in [9.17, 15) is 4.79 Å². The average Bonchev–Trinajstić information content (AvgIpc) is 2.98. The first-order valence-electron chi connectivity index (χ1n) is 8.30. The van der Waals surface area contributed by atoms with Crippen molar-refractivity contribution in [3.63, 3.8) is 0 Å². The predicted octanol–water partition coefficient (Wildman–Crippen LogP) is 5.06. The number of halogens is 1. The van der Waals surface area contributed by atoms with Gasteiger partial charge in [-0.2, -0.15) is 0 Å². The molecule has 0 unspecified atom stereocenters. The van der Waals surface area contributed by atoms with Gasteiger partial charge in [0.05, 0.1) is 12.0 Å². The fraction of sp³-hybridized carbons (Fsp3) is 0.316. The molecule has 0 aliphatic carbocycles. The first-order valence-corrected chi connectivity index (χ1v) is 10.5. The number of aryl methyl sites for hydroxylation is 2. The maximum atomic E-state index is 12.3. The van der Waals surface area contributed by atoms with Crippen molar-refractivity contribution in [3.05, 3.63) is 51.0 Å². The number of aromatic nitrogens is 2. The van der Waals surface area contributed by atoms with E-state index in [1.807, 2.05) is 6.92 Å². The molecule has 0 amide bonds. The Balaban J connectivity index is 1.81. The molecule has 8 heteroatoms. The number of fused-ring (bicyclic) bond motifs is 1. The Labute approximate surface area is 171 Å². The summed E-state index contributed by atoms with van der Waals surface area (Å²) in [7, 11) is 1.56. The van der Waals surface area contributed by atoms with Crippen molar-refractivity contribution >= 4 is 50.9 Å². The SMILES string of the molecule is COCCOC(=O)c1sc2nc(SCc3ccc(C)cc3)nc(Cl)c2c1C. The number of carbonyl (C=O) groups is 1. The molecule has 1 aromatic carbocycles. The largest absolute Gasteiger partial charge is 0.459 e. The standard InChI is InChI=1S/C19H19ClN2O3S2/c1-11-4-6-13(7-5-11)10-26-19-21-16(20)14-12(2)15(27-17(14)22-19)18(23)25-9-8-24-3/h4-7H,8-10H2,1-3H3. The van der Waals surface area contributed by atoms with Crippen molar-refractivity contribution < 1.29 is 14.3 Å². The lowest BCUT2D eigenvalue weighted by atomic mass is 10.2. The van der Waals surface area contributed by atoms with Crippen molar-refractivity contribution in [1.82, 2.24) is 9.97 Å². The van der Waals surface area contributed by atoms with E-state index in [-0.39, 0.29) is 6.61 Å². The fourth-order valence-corrected chi connectivity index (χ4v) is 4.80. The number of ether oxygens (including phenoxy) is 2. The number of thioether (sulfide) groups is 1. The third-order valence-corrected chi connectivity index (χ3v) is 6.28. The monoisotopic (exact) mass is 422 g/mol. The molecule has 0 radical (unpaired) electrons. The zero-order valence-corrected chi connectivity index (χ0v) is 17.6. The summed E-state index contributed by atoms with van der Waals surface area (Å²) in [6.45, 7) is 4.46. The van der Waals surface area contributed by atoms with Crippen LogP contribution in [0.4, 0.5) is 0 Å². The summed E-state index contributed by atoms with van der Waals surface area (Å²) in [5.74, 6) is 0.357. The van der Waals surface area contributed by atoms with Gasteiger partial charge in [0.25, 0.3) is 0 Å². The van der Waals surface area contributed by atoms with Gasteiger partial charge in [0.2, 0.25) is 0 Å². The van der Waals surface area contributed by atoms with Gasteiger partial charge in [0.1, 0.15) is 21.5 Å². The van der Waals surface area contributed by atoms with Gasteiger partial charge < -0.3 is 9.47 Å². The number of benzene rings is 1. The van der Waals surface area contributed by atoms with Gasteiger partial charge in [0.15, 0.2) is 5.16 Å². The summed E-state index contributed by atoms with van der Waals surface area (Å²) in [5.41, 5.74) is 3.16. The van der Waals surface area contributed by atoms with E-state index in [1.165, 1.54) is 34.2 Å².